The Bertz CT molecular complexity index is 957. The number of aryl methyl sites for hydroxylation is 1. The fourth-order valence-corrected chi connectivity index (χ4v) is 4.84. The molecular formula is C24H25F6NO2. The zero-order chi connectivity index (χ0) is 24.0. The van der Waals surface area contributed by atoms with E-state index >= 15 is 0 Å². The van der Waals surface area contributed by atoms with E-state index in [4.69, 9.17) is 9.47 Å². The van der Waals surface area contributed by atoms with E-state index in [-0.39, 0.29) is 29.4 Å². The largest absolute Gasteiger partial charge is 0.416 e. The van der Waals surface area contributed by atoms with Crippen molar-refractivity contribution >= 4 is 0 Å². The number of hydrogen-bond acceptors (Lipinski definition) is 3. The van der Waals surface area contributed by atoms with Crippen LogP contribution in [0.5, 0.6) is 0 Å². The first-order chi connectivity index (χ1) is 15.4. The predicted octanol–water partition coefficient (Wildman–Crippen LogP) is 6.09. The van der Waals surface area contributed by atoms with Gasteiger partial charge in [-0.15, -0.1) is 0 Å². The van der Waals surface area contributed by atoms with Crippen molar-refractivity contribution in [2.24, 2.45) is 11.8 Å². The van der Waals surface area contributed by atoms with E-state index in [0.29, 0.717) is 18.7 Å². The fraction of sp³-hybridized carbons (Fsp3) is 0.500. The number of rotatable bonds is 4. The van der Waals surface area contributed by atoms with Crippen LogP contribution in [0.4, 0.5) is 26.3 Å². The van der Waals surface area contributed by atoms with Crippen LogP contribution in [0.2, 0.25) is 0 Å². The maximum absolute atomic E-state index is 13.3. The molecule has 33 heavy (non-hydrogen) atoms. The van der Waals surface area contributed by atoms with Gasteiger partial charge in [-0.1, -0.05) is 24.3 Å². The average molecular weight is 473 g/mol. The molecule has 1 N–H and O–H groups in total. The first-order valence-corrected chi connectivity index (χ1v) is 10.8. The molecule has 2 heterocycles. The lowest BCUT2D eigenvalue weighted by Gasteiger charge is -2.41. The molecule has 2 saturated heterocycles. The topological polar surface area (TPSA) is 30.5 Å². The van der Waals surface area contributed by atoms with Gasteiger partial charge in [0.15, 0.2) is 6.29 Å². The lowest BCUT2D eigenvalue weighted by Crippen LogP contribution is -2.42. The Labute approximate surface area is 188 Å². The summed E-state index contributed by atoms with van der Waals surface area (Å²) < 4.78 is 91.8. The van der Waals surface area contributed by atoms with Crippen LogP contribution in [0, 0.1) is 18.8 Å². The van der Waals surface area contributed by atoms with Crippen LogP contribution in [-0.4, -0.2) is 26.0 Å². The second kappa shape index (κ2) is 8.92. The third-order valence-corrected chi connectivity index (χ3v) is 6.59. The molecule has 9 heteroatoms. The van der Waals surface area contributed by atoms with Gasteiger partial charge in [-0.25, -0.2) is 0 Å². The Hall–Kier alpha value is -2.10. The maximum atomic E-state index is 13.3. The highest BCUT2D eigenvalue weighted by Crippen LogP contribution is 2.44. The van der Waals surface area contributed by atoms with E-state index in [9.17, 15) is 26.3 Å². The van der Waals surface area contributed by atoms with Crippen LogP contribution in [0.1, 0.15) is 46.8 Å². The van der Waals surface area contributed by atoms with Crippen LogP contribution in [-0.2, 0) is 21.8 Å². The van der Waals surface area contributed by atoms with Crippen LogP contribution in [0.15, 0.2) is 42.5 Å². The Morgan fingerprint density at radius 1 is 0.970 bits per heavy atom. The highest BCUT2D eigenvalue weighted by molar-refractivity contribution is 5.35. The van der Waals surface area contributed by atoms with Gasteiger partial charge in [0, 0.05) is 12.5 Å². The summed E-state index contributed by atoms with van der Waals surface area (Å²) in [4.78, 5) is 0. The number of hydrogen-bond donors (Lipinski definition) is 1. The van der Waals surface area contributed by atoms with Crippen LogP contribution in [0.25, 0.3) is 0 Å². The molecule has 0 aromatic heterocycles. The molecule has 180 valence electrons. The van der Waals surface area contributed by atoms with Gasteiger partial charge in [0.05, 0.1) is 23.8 Å². The molecule has 2 aromatic rings. The highest BCUT2D eigenvalue weighted by atomic mass is 19.4. The van der Waals surface area contributed by atoms with Crippen molar-refractivity contribution in [2.75, 3.05) is 19.7 Å². The first-order valence-electron chi connectivity index (χ1n) is 10.8. The Morgan fingerprint density at radius 3 is 2.21 bits per heavy atom. The van der Waals surface area contributed by atoms with E-state index in [0.717, 1.165) is 24.2 Å². The van der Waals surface area contributed by atoms with Gasteiger partial charge in [-0.3, -0.25) is 0 Å². The summed E-state index contributed by atoms with van der Waals surface area (Å²) in [5.41, 5.74) is -0.881. The smallest absolute Gasteiger partial charge is 0.352 e. The van der Waals surface area contributed by atoms with E-state index in [1.807, 2.05) is 31.2 Å². The molecule has 0 radical (unpaired) electrons. The van der Waals surface area contributed by atoms with Crippen LogP contribution in [0.3, 0.4) is 0 Å². The van der Waals surface area contributed by atoms with Crippen molar-refractivity contribution in [1.82, 2.24) is 5.32 Å². The van der Waals surface area contributed by atoms with Gasteiger partial charge in [0.1, 0.15) is 0 Å². The second-order valence-corrected chi connectivity index (χ2v) is 8.78. The molecule has 0 bridgehead atoms. The van der Waals surface area contributed by atoms with E-state index in [2.05, 4.69) is 5.32 Å². The zero-order valence-corrected chi connectivity index (χ0v) is 18.1. The van der Waals surface area contributed by atoms with Gasteiger partial charge in [-0.05, 0) is 67.1 Å². The van der Waals surface area contributed by atoms with Gasteiger partial charge >= 0.3 is 12.4 Å². The van der Waals surface area contributed by atoms with Gasteiger partial charge in [0.2, 0.25) is 0 Å². The van der Waals surface area contributed by atoms with Crippen molar-refractivity contribution in [3.05, 3.63) is 70.3 Å². The number of benzene rings is 2. The summed E-state index contributed by atoms with van der Waals surface area (Å²) in [5.74, 6) is 0.245. The third-order valence-electron chi connectivity index (χ3n) is 6.59. The van der Waals surface area contributed by atoms with Gasteiger partial charge in [0.25, 0.3) is 0 Å². The third kappa shape index (κ3) is 5.05. The van der Waals surface area contributed by atoms with Crippen molar-refractivity contribution in [1.29, 1.82) is 0 Å². The summed E-state index contributed by atoms with van der Waals surface area (Å²) in [5, 5.41) is 3.35. The molecular weight excluding hydrogens is 448 g/mol. The zero-order valence-electron chi connectivity index (χ0n) is 18.1. The minimum absolute atomic E-state index is 0.123. The summed E-state index contributed by atoms with van der Waals surface area (Å²) in [7, 11) is 0. The molecule has 0 aliphatic carbocycles. The molecule has 3 nitrogen and oxygen atoms in total. The Kier molecular flexibility index (Phi) is 6.50. The second-order valence-electron chi connectivity index (χ2n) is 8.78. The molecule has 0 amide bonds. The summed E-state index contributed by atoms with van der Waals surface area (Å²) >= 11 is 0. The number of alkyl halides is 6. The summed E-state index contributed by atoms with van der Waals surface area (Å²) in [6.45, 7) is 5.35. The predicted molar refractivity (Wildman–Crippen MR) is 109 cm³/mol. The van der Waals surface area contributed by atoms with Gasteiger partial charge < -0.3 is 14.8 Å². The molecule has 2 aromatic carbocycles. The van der Waals surface area contributed by atoms with Crippen molar-refractivity contribution in [3.63, 3.8) is 0 Å². The monoisotopic (exact) mass is 473 g/mol. The summed E-state index contributed by atoms with van der Waals surface area (Å²) in [6, 6.07) is 9.29. The van der Waals surface area contributed by atoms with Crippen molar-refractivity contribution in [3.8, 4) is 0 Å². The molecule has 2 aliphatic heterocycles. The quantitative estimate of drug-likeness (QED) is 0.546. The fourth-order valence-electron chi connectivity index (χ4n) is 4.84. The lowest BCUT2D eigenvalue weighted by molar-refractivity contribution is -0.217. The molecule has 4 unspecified atom stereocenters. The number of fused-ring (bicyclic) bond motifs is 1. The molecule has 0 spiro atoms. The van der Waals surface area contributed by atoms with Gasteiger partial charge in [-0.2, -0.15) is 26.3 Å². The highest BCUT2D eigenvalue weighted by Gasteiger charge is 2.45. The lowest BCUT2D eigenvalue weighted by atomic mass is 9.76. The minimum atomic E-state index is -4.91. The maximum Gasteiger partial charge on any atom is 0.416 e. The average Bonchev–Trinajstić information content (AvgIpc) is 3.21. The number of halogens is 6. The molecule has 2 fully saturated rings. The first kappa shape index (κ1) is 24.0. The van der Waals surface area contributed by atoms with E-state index < -0.39 is 35.9 Å². The van der Waals surface area contributed by atoms with E-state index in [1.54, 1.807) is 0 Å². The molecule has 5 atom stereocenters. The van der Waals surface area contributed by atoms with E-state index in [1.165, 1.54) is 6.92 Å². The van der Waals surface area contributed by atoms with Crippen LogP contribution < -0.4 is 5.32 Å². The minimum Gasteiger partial charge on any atom is -0.352 e. The standard InChI is InChI=1S/C24H25F6NO2/c1-13-5-3-4-6-19(13)21-20-11-31-10-16(20)12-32-22(21)33-14(2)15-7-17(23(25,26)27)9-18(8-15)24(28,29)30/h3-9,14,16,20-22,31H,10-12H2,1-2H3/t14?,16?,20-,21?,22?/m1/s1. The number of ether oxygens (including phenoxy) is 2. The van der Waals surface area contributed by atoms with Crippen LogP contribution >= 0.6 is 0 Å². The molecule has 0 saturated carbocycles. The normalized spacial score (nSPS) is 26.8. The molecule has 2 aliphatic rings. The van der Waals surface area contributed by atoms with Crippen molar-refractivity contribution < 1.29 is 35.8 Å². The number of nitrogens with one attached hydrogen (secondary N) is 1. The Morgan fingerprint density at radius 2 is 1.61 bits per heavy atom. The van der Waals surface area contributed by atoms with Crippen molar-refractivity contribution in [2.45, 2.75) is 44.5 Å². The SMILES string of the molecule is Cc1ccccc1C1C(OC(C)c2cc(C(F)(F)F)cc(C(F)(F)F)c2)OCC2CNC[C@H]21. The molecule has 4 rings (SSSR count). The summed E-state index contributed by atoms with van der Waals surface area (Å²) in [6.07, 6.45) is -11.7. The Balaban J connectivity index is 1.67.